The van der Waals surface area contributed by atoms with E-state index in [0.29, 0.717) is 29.5 Å². The van der Waals surface area contributed by atoms with E-state index in [1.54, 1.807) is 6.92 Å². The van der Waals surface area contributed by atoms with Gasteiger partial charge in [0.1, 0.15) is 18.1 Å². The standard InChI is InChI=1S/C18H24N2O3/c1-11(2)9-19-18(21)17-15(14(5)23-20-17)10-22-16-8-6-7-12(3)13(16)4/h6-8,11H,9-10H2,1-5H3,(H,19,21). The number of ether oxygens (including phenoxy) is 1. The van der Waals surface area contributed by atoms with Gasteiger partial charge in [-0.15, -0.1) is 0 Å². The van der Waals surface area contributed by atoms with Crippen molar-refractivity contribution in [3.63, 3.8) is 0 Å². The van der Waals surface area contributed by atoms with Crippen LogP contribution in [0.15, 0.2) is 22.7 Å². The van der Waals surface area contributed by atoms with Crippen molar-refractivity contribution in [1.29, 1.82) is 0 Å². The molecule has 0 aliphatic heterocycles. The van der Waals surface area contributed by atoms with Crippen LogP contribution >= 0.6 is 0 Å². The fraction of sp³-hybridized carbons (Fsp3) is 0.444. The quantitative estimate of drug-likeness (QED) is 0.885. The molecular formula is C18H24N2O3. The van der Waals surface area contributed by atoms with Crippen molar-refractivity contribution in [2.75, 3.05) is 6.54 Å². The summed E-state index contributed by atoms with van der Waals surface area (Å²) in [6, 6.07) is 5.91. The van der Waals surface area contributed by atoms with Crippen molar-refractivity contribution in [2.24, 2.45) is 5.92 Å². The Morgan fingerprint density at radius 2 is 2.04 bits per heavy atom. The molecule has 0 saturated heterocycles. The van der Waals surface area contributed by atoms with Gasteiger partial charge in [0.25, 0.3) is 5.91 Å². The summed E-state index contributed by atoms with van der Waals surface area (Å²) in [6.45, 7) is 10.8. The molecule has 1 N–H and O–H groups in total. The third-order valence-electron chi connectivity index (χ3n) is 3.80. The van der Waals surface area contributed by atoms with E-state index in [-0.39, 0.29) is 12.5 Å². The molecule has 2 rings (SSSR count). The highest BCUT2D eigenvalue weighted by Gasteiger charge is 2.20. The number of rotatable bonds is 6. The lowest BCUT2D eigenvalue weighted by Gasteiger charge is -2.11. The molecule has 5 nitrogen and oxygen atoms in total. The lowest BCUT2D eigenvalue weighted by Crippen LogP contribution is -2.28. The minimum absolute atomic E-state index is 0.227. The Bertz CT molecular complexity index is 690. The Kier molecular flexibility index (Phi) is 5.42. The van der Waals surface area contributed by atoms with Crippen LogP contribution in [0.25, 0.3) is 0 Å². The summed E-state index contributed by atoms with van der Waals surface area (Å²) in [4.78, 5) is 12.2. The Hall–Kier alpha value is -2.30. The van der Waals surface area contributed by atoms with Gasteiger partial charge in [0, 0.05) is 6.54 Å². The first-order chi connectivity index (χ1) is 10.9. The molecule has 5 heteroatoms. The number of nitrogens with one attached hydrogen (secondary N) is 1. The second kappa shape index (κ2) is 7.31. The summed E-state index contributed by atoms with van der Waals surface area (Å²) in [5.41, 5.74) is 3.24. The number of aryl methyl sites for hydroxylation is 2. The molecule has 0 fully saturated rings. The second-order valence-electron chi connectivity index (χ2n) is 6.16. The minimum Gasteiger partial charge on any atom is -0.488 e. The first-order valence-electron chi connectivity index (χ1n) is 7.82. The highest BCUT2D eigenvalue weighted by molar-refractivity contribution is 5.93. The molecule has 0 aliphatic carbocycles. The van der Waals surface area contributed by atoms with Crippen molar-refractivity contribution < 1.29 is 14.1 Å². The maximum Gasteiger partial charge on any atom is 0.273 e. The second-order valence-corrected chi connectivity index (χ2v) is 6.16. The zero-order valence-corrected chi connectivity index (χ0v) is 14.4. The zero-order chi connectivity index (χ0) is 17.0. The number of carbonyl (C=O) groups is 1. The summed E-state index contributed by atoms with van der Waals surface area (Å²) >= 11 is 0. The van der Waals surface area contributed by atoms with Crippen LogP contribution in [0.2, 0.25) is 0 Å². The summed E-state index contributed by atoms with van der Waals surface area (Å²) in [6.07, 6.45) is 0. The number of benzene rings is 1. The van der Waals surface area contributed by atoms with Crippen molar-refractivity contribution >= 4 is 5.91 Å². The lowest BCUT2D eigenvalue weighted by atomic mass is 10.1. The maximum absolute atomic E-state index is 12.2. The third-order valence-corrected chi connectivity index (χ3v) is 3.80. The predicted molar refractivity (Wildman–Crippen MR) is 88.7 cm³/mol. The normalized spacial score (nSPS) is 10.9. The summed E-state index contributed by atoms with van der Waals surface area (Å²) in [7, 11) is 0. The molecule has 0 saturated carbocycles. The molecule has 1 amide bonds. The highest BCUT2D eigenvalue weighted by Crippen LogP contribution is 2.23. The zero-order valence-electron chi connectivity index (χ0n) is 14.4. The maximum atomic E-state index is 12.2. The number of carbonyl (C=O) groups excluding carboxylic acids is 1. The van der Waals surface area contributed by atoms with Crippen LogP contribution in [0, 0.1) is 26.7 Å². The smallest absolute Gasteiger partial charge is 0.273 e. The average molecular weight is 316 g/mol. The van der Waals surface area contributed by atoms with E-state index in [0.717, 1.165) is 11.3 Å². The van der Waals surface area contributed by atoms with Gasteiger partial charge in [-0.2, -0.15) is 0 Å². The van der Waals surface area contributed by atoms with Gasteiger partial charge in [0.15, 0.2) is 5.69 Å². The number of nitrogens with zero attached hydrogens (tertiary/aromatic N) is 1. The van der Waals surface area contributed by atoms with Gasteiger partial charge >= 0.3 is 0 Å². The molecule has 0 spiro atoms. The molecule has 1 heterocycles. The van der Waals surface area contributed by atoms with Crippen LogP contribution in [-0.4, -0.2) is 17.6 Å². The van der Waals surface area contributed by atoms with Crippen molar-refractivity contribution in [1.82, 2.24) is 10.5 Å². The van der Waals surface area contributed by atoms with Gasteiger partial charge in [-0.05, 0) is 43.9 Å². The Morgan fingerprint density at radius 1 is 1.30 bits per heavy atom. The predicted octanol–water partition coefficient (Wildman–Crippen LogP) is 3.56. The van der Waals surface area contributed by atoms with E-state index in [9.17, 15) is 4.79 Å². The van der Waals surface area contributed by atoms with E-state index < -0.39 is 0 Å². The van der Waals surface area contributed by atoms with Crippen LogP contribution in [-0.2, 0) is 6.61 Å². The van der Waals surface area contributed by atoms with Gasteiger partial charge in [-0.3, -0.25) is 4.79 Å². The molecular weight excluding hydrogens is 292 g/mol. The molecule has 0 atom stereocenters. The number of aromatic nitrogens is 1. The summed E-state index contributed by atoms with van der Waals surface area (Å²) < 4.78 is 11.1. The van der Waals surface area contributed by atoms with Crippen LogP contribution in [0.4, 0.5) is 0 Å². The Labute approximate surface area is 137 Å². The molecule has 0 unspecified atom stereocenters. The number of hydrogen-bond donors (Lipinski definition) is 1. The Morgan fingerprint density at radius 3 is 2.74 bits per heavy atom. The summed E-state index contributed by atoms with van der Waals surface area (Å²) in [5, 5.41) is 6.73. The van der Waals surface area contributed by atoms with Crippen LogP contribution < -0.4 is 10.1 Å². The molecule has 0 aliphatic rings. The van der Waals surface area contributed by atoms with Crippen LogP contribution in [0.3, 0.4) is 0 Å². The molecule has 23 heavy (non-hydrogen) atoms. The van der Waals surface area contributed by atoms with E-state index in [1.807, 2.05) is 45.9 Å². The fourth-order valence-corrected chi connectivity index (χ4v) is 2.15. The van der Waals surface area contributed by atoms with Gasteiger partial charge < -0.3 is 14.6 Å². The SMILES string of the molecule is Cc1cccc(OCc2c(C(=O)NCC(C)C)noc2C)c1C. The van der Waals surface area contributed by atoms with Gasteiger partial charge in [0.05, 0.1) is 5.56 Å². The summed E-state index contributed by atoms with van der Waals surface area (Å²) in [5.74, 6) is 1.56. The van der Waals surface area contributed by atoms with Gasteiger partial charge in [-0.1, -0.05) is 31.1 Å². The topological polar surface area (TPSA) is 64.4 Å². The Balaban J connectivity index is 2.12. The molecule has 1 aromatic carbocycles. The van der Waals surface area contributed by atoms with Crippen molar-refractivity contribution in [3.8, 4) is 5.75 Å². The number of amides is 1. The molecule has 1 aromatic heterocycles. The number of hydrogen-bond acceptors (Lipinski definition) is 4. The van der Waals surface area contributed by atoms with Gasteiger partial charge in [0.2, 0.25) is 0 Å². The van der Waals surface area contributed by atoms with Crippen molar-refractivity contribution in [3.05, 3.63) is 46.3 Å². The largest absolute Gasteiger partial charge is 0.488 e. The lowest BCUT2D eigenvalue weighted by molar-refractivity contribution is 0.0937. The molecule has 2 aromatic rings. The van der Waals surface area contributed by atoms with Crippen molar-refractivity contribution in [2.45, 2.75) is 41.2 Å². The minimum atomic E-state index is -0.227. The molecule has 0 bridgehead atoms. The third kappa shape index (κ3) is 4.12. The van der Waals surface area contributed by atoms with Crippen LogP contribution in [0.1, 0.15) is 46.8 Å². The first kappa shape index (κ1) is 17.1. The molecule has 0 radical (unpaired) electrons. The molecule has 124 valence electrons. The monoisotopic (exact) mass is 316 g/mol. The van der Waals surface area contributed by atoms with E-state index in [4.69, 9.17) is 9.26 Å². The van der Waals surface area contributed by atoms with E-state index in [2.05, 4.69) is 10.5 Å². The van der Waals surface area contributed by atoms with E-state index in [1.165, 1.54) is 5.56 Å². The first-order valence-corrected chi connectivity index (χ1v) is 7.82. The van der Waals surface area contributed by atoms with Crippen LogP contribution in [0.5, 0.6) is 5.75 Å². The fourth-order valence-electron chi connectivity index (χ4n) is 2.15. The average Bonchev–Trinajstić information content (AvgIpc) is 2.87. The highest BCUT2D eigenvalue weighted by atomic mass is 16.5. The van der Waals surface area contributed by atoms with Gasteiger partial charge in [-0.25, -0.2) is 0 Å². The van der Waals surface area contributed by atoms with E-state index >= 15 is 0 Å².